The van der Waals surface area contributed by atoms with Crippen LogP contribution in [-0.2, 0) is 32.7 Å². The van der Waals surface area contributed by atoms with Gasteiger partial charge in [0, 0.05) is 19.6 Å². The third-order valence-electron chi connectivity index (χ3n) is 5.72. The van der Waals surface area contributed by atoms with Gasteiger partial charge in [-0.1, -0.05) is 36.4 Å². The lowest BCUT2D eigenvalue weighted by Gasteiger charge is -2.46. The molecule has 1 atom stereocenters. The van der Waals surface area contributed by atoms with Crippen LogP contribution in [0.3, 0.4) is 0 Å². The number of nitrogens with one attached hydrogen (secondary N) is 1. The maximum atomic E-state index is 13.3. The number of hydrogen-bond acceptors (Lipinski definition) is 6. The maximum absolute atomic E-state index is 13.3. The molecule has 0 radical (unpaired) electrons. The summed E-state index contributed by atoms with van der Waals surface area (Å²) in [6.45, 7) is 1.66. The number of sulfonamides is 1. The summed E-state index contributed by atoms with van der Waals surface area (Å²) in [5, 5.41) is 2.86. The molecule has 1 fully saturated rings. The molecule has 0 saturated carbocycles. The van der Waals surface area contributed by atoms with Crippen LogP contribution in [0.2, 0.25) is 0 Å². The van der Waals surface area contributed by atoms with Crippen molar-refractivity contribution in [1.29, 1.82) is 0 Å². The van der Waals surface area contributed by atoms with E-state index in [1.165, 1.54) is 4.90 Å². The molecule has 2 aromatic carbocycles. The molecule has 0 spiro atoms. The fraction of sp³-hybridized carbons (Fsp3) is 0.364. The van der Waals surface area contributed by atoms with Crippen molar-refractivity contribution in [2.75, 3.05) is 26.1 Å². The molecule has 9 nitrogen and oxygen atoms in total. The van der Waals surface area contributed by atoms with Crippen LogP contribution in [0.25, 0.3) is 0 Å². The van der Waals surface area contributed by atoms with E-state index < -0.39 is 27.4 Å². The predicted molar refractivity (Wildman–Crippen MR) is 116 cm³/mol. The zero-order valence-corrected chi connectivity index (χ0v) is 18.7. The molecule has 0 aliphatic carbocycles. The normalized spacial score (nSPS) is 20.9. The first-order valence-corrected chi connectivity index (χ1v) is 12.0. The van der Waals surface area contributed by atoms with Crippen LogP contribution in [0.15, 0.2) is 48.5 Å². The smallest absolute Gasteiger partial charge is 0.247 e. The summed E-state index contributed by atoms with van der Waals surface area (Å²) >= 11 is 0. The Balaban J connectivity index is 1.61. The lowest BCUT2D eigenvalue weighted by molar-refractivity contribution is -0.153. The van der Waals surface area contributed by atoms with Gasteiger partial charge in [-0.05, 0) is 30.2 Å². The quantitative estimate of drug-likeness (QED) is 0.694. The fourth-order valence-corrected chi connectivity index (χ4v) is 4.71. The number of nitrogens with zero attached hydrogens (tertiary/aromatic N) is 2. The Morgan fingerprint density at radius 3 is 2.53 bits per heavy atom. The minimum Gasteiger partial charge on any atom is -0.454 e. The van der Waals surface area contributed by atoms with Crippen molar-refractivity contribution in [2.24, 2.45) is 0 Å². The molecule has 1 N–H and O–H groups in total. The van der Waals surface area contributed by atoms with Gasteiger partial charge in [0.2, 0.25) is 28.6 Å². The number of rotatable bonds is 6. The van der Waals surface area contributed by atoms with E-state index in [1.807, 2.05) is 30.3 Å². The van der Waals surface area contributed by atoms with Gasteiger partial charge in [-0.25, -0.2) is 8.42 Å². The van der Waals surface area contributed by atoms with Gasteiger partial charge >= 0.3 is 0 Å². The Bertz CT molecular complexity index is 1140. The molecule has 2 amide bonds. The van der Waals surface area contributed by atoms with E-state index in [4.69, 9.17) is 9.47 Å². The fourth-order valence-electron chi connectivity index (χ4n) is 3.88. The average molecular weight is 460 g/mol. The molecule has 10 heteroatoms. The molecule has 0 unspecified atom stereocenters. The van der Waals surface area contributed by atoms with E-state index in [1.54, 1.807) is 25.1 Å². The van der Waals surface area contributed by atoms with Crippen LogP contribution in [0, 0.1) is 0 Å². The van der Waals surface area contributed by atoms with Gasteiger partial charge in [0.25, 0.3) is 0 Å². The van der Waals surface area contributed by atoms with E-state index in [0.717, 1.165) is 21.7 Å². The summed E-state index contributed by atoms with van der Waals surface area (Å²) in [6, 6.07) is 14.7. The summed E-state index contributed by atoms with van der Waals surface area (Å²) in [5.41, 5.74) is 0.246. The highest BCUT2D eigenvalue weighted by atomic mass is 32.2. The molecule has 2 aliphatic rings. The van der Waals surface area contributed by atoms with E-state index in [9.17, 15) is 18.0 Å². The zero-order valence-electron chi connectivity index (χ0n) is 17.9. The maximum Gasteiger partial charge on any atom is 0.247 e. The molecule has 2 aliphatic heterocycles. The predicted octanol–water partition coefficient (Wildman–Crippen LogP) is 1.09. The van der Waals surface area contributed by atoms with Gasteiger partial charge < -0.3 is 19.7 Å². The number of carbonyl (C=O) groups excluding carboxylic acids is 2. The van der Waals surface area contributed by atoms with Gasteiger partial charge in [0.05, 0.1) is 12.8 Å². The molecule has 2 aromatic rings. The number of hydrogen-bond donors (Lipinski definition) is 1. The van der Waals surface area contributed by atoms with Crippen LogP contribution in [-0.4, -0.2) is 61.1 Å². The van der Waals surface area contributed by atoms with E-state index in [-0.39, 0.29) is 33.0 Å². The van der Waals surface area contributed by atoms with Crippen molar-refractivity contribution in [1.82, 2.24) is 14.5 Å². The Hall–Kier alpha value is -3.11. The molecular formula is C22H25N3O6S. The molecule has 1 saturated heterocycles. The Kier molecular flexibility index (Phi) is 5.83. The van der Waals surface area contributed by atoms with Gasteiger partial charge in [-0.15, -0.1) is 0 Å². The summed E-state index contributed by atoms with van der Waals surface area (Å²) in [5.74, 6) is 0.311. The number of fused-ring (bicyclic) bond motifs is 1. The van der Waals surface area contributed by atoms with Gasteiger partial charge in [-0.3, -0.25) is 9.59 Å². The third-order valence-corrected chi connectivity index (χ3v) is 6.92. The highest BCUT2D eigenvalue weighted by Gasteiger charge is 2.49. The summed E-state index contributed by atoms with van der Waals surface area (Å²) < 4.78 is 36.2. The first-order chi connectivity index (χ1) is 15.2. The molecule has 170 valence electrons. The van der Waals surface area contributed by atoms with Gasteiger partial charge in [0.15, 0.2) is 11.5 Å². The molecule has 0 aromatic heterocycles. The van der Waals surface area contributed by atoms with Crippen LogP contribution in [0.4, 0.5) is 0 Å². The van der Waals surface area contributed by atoms with E-state index in [0.29, 0.717) is 11.5 Å². The van der Waals surface area contributed by atoms with Crippen LogP contribution < -0.4 is 14.8 Å². The SMILES string of the molecule is C[C@@]1(C(=O)NCc2ccccc2)CN(S(C)(=O)=O)CC(=O)N1Cc1ccc2c(c1)OCO2. The van der Waals surface area contributed by atoms with Crippen molar-refractivity contribution in [2.45, 2.75) is 25.6 Å². The van der Waals surface area contributed by atoms with Crippen molar-refractivity contribution in [3.05, 3.63) is 59.7 Å². The lowest BCUT2D eigenvalue weighted by atomic mass is 9.94. The Morgan fingerprint density at radius 2 is 1.81 bits per heavy atom. The van der Waals surface area contributed by atoms with Gasteiger partial charge in [0.1, 0.15) is 5.54 Å². The second-order valence-corrected chi connectivity index (χ2v) is 10.1. The van der Waals surface area contributed by atoms with Crippen molar-refractivity contribution >= 4 is 21.8 Å². The second kappa shape index (κ2) is 8.44. The van der Waals surface area contributed by atoms with Crippen LogP contribution >= 0.6 is 0 Å². The van der Waals surface area contributed by atoms with Crippen LogP contribution in [0.5, 0.6) is 11.5 Å². The summed E-state index contributed by atoms with van der Waals surface area (Å²) in [6.07, 6.45) is 1.04. The molecular weight excluding hydrogens is 434 g/mol. The van der Waals surface area contributed by atoms with Crippen molar-refractivity contribution in [3.8, 4) is 11.5 Å². The highest BCUT2D eigenvalue weighted by molar-refractivity contribution is 7.88. The highest BCUT2D eigenvalue weighted by Crippen LogP contribution is 2.34. The minimum atomic E-state index is -3.67. The van der Waals surface area contributed by atoms with Gasteiger partial charge in [-0.2, -0.15) is 4.31 Å². The molecule has 0 bridgehead atoms. The van der Waals surface area contributed by atoms with E-state index in [2.05, 4.69) is 5.32 Å². The standard InChI is InChI=1S/C22H25N3O6S/c1-22(21(27)23-11-16-6-4-3-5-7-16)14-24(32(2,28)29)13-20(26)25(22)12-17-8-9-18-19(10-17)31-15-30-18/h3-10H,11-15H2,1-2H3,(H,23,27)/t22-/m0/s1. The third kappa shape index (κ3) is 4.42. The Morgan fingerprint density at radius 1 is 1.09 bits per heavy atom. The number of carbonyl (C=O) groups is 2. The second-order valence-electron chi connectivity index (χ2n) is 8.14. The topological polar surface area (TPSA) is 105 Å². The van der Waals surface area contributed by atoms with Crippen LogP contribution in [0.1, 0.15) is 18.1 Å². The Labute approximate surface area is 187 Å². The molecule has 32 heavy (non-hydrogen) atoms. The zero-order chi connectivity index (χ0) is 22.9. The van der Waals surface area contributed by atoms with Crippen molar-refractivity contribution in [3.63, 3.8) is 0 Å². The minimum absolute atomic E-state index is 0.127. The largest absolute Gasteiger partial charge is 0.454 e. The summed E-state index contributed by atoms with van der Waals surface area (Å²) in [4.78, 5) is 27.8. The first-order valence-electron chi connectivity index (χ1n) is 10.1. The number of amides is 2. The monoisotopic (exact) mass is 459 g/mol. The van der Waals surface area contributed by atoms with E-state index >= 15 is 0 Å². The number of benzene rings is 2. The molecule has 4 rings (SSSR count). The first kappa shape index (κ1) is 22.1. The number of piperazine rings is 1. The average Bonchev–Trinajstić information content (AvgIpc) is 3.22. The summed E-state index contributed by atoms with van der Waals surface area (Å²) in [7, 11) is -3.67. The van der Waals surface area contributed by atoms with Crippen molar-refractivity contribution < 1.29 is 27.5 Å². The molecule has 2 heterocycles. The lowest BCUT2D eigenvalue weighted by Crippen LogP contribution is -2.69. The number of ether oxygens (including phenoxy) is 2.